The summed E-state index contributed by atoms with van der Waals surface area (Å²) < 4.78 is 1.82. The Balaban J connectivity index is 1.43. The number of nitrogens with zero attached hydrogens (tertiary/aromatic N) is 3. The summed E-state index contributed by atoms with van der Waals surface area (Å²) >= 11 is 0. The summed E-state index contributed by atoms with van der Waals surface area (Å²) in [7, 11) is 0. The van der Waals surface area contributed by atoms with Crippen LogP contribution in [0.15, 0.2) is 79.1 Å². The molecule has 4 aromatic rings. The third kappa shape index (κ3) is 4.47. The number of carbonyl (C=O) groups is 1. The molecule has 0 saturated carbocycles. The van der Waals surface area contributed by atoms with Crippen LogP contribution in [0.4, 0.5) is 17.2 Å². The van der Waals surface area contributed by atoms with Gasteiger partial charge in [0.2, 0.25) is 0 Å². The van der Waals surface area contributed by atoms with E-state index in [0.29, 0.717) is 22.6 Å². The fraction of sp³-hybridized carbons (Fsp3) is 0.0870. The third-order valence-electron chi connectivity index (χ3n) is 4.74. The minimum absolute atomic E-state index is 0.220. The fourth-order valence-corrected chi connectivity index (χ4v) is 3.11. The molecule has 7 nitrogen and oxygen atoms in total. The summed E-state index contributed by atoms with van der Waals surface area (Å²) in [6.07, 6.45) is 4.34. The molecule has 0 saturated heterocycles. The Morgan fingerprint density at radius 3 is 2.63 bits per heavy atom. The molecule has 150 valence electrons. The van der Waals surface area contributed by atoms with Crippen molar-refractivity contribution in [1.82, 2.24) is 14.8 Å². The Morgan fingerprint density at radius 2 is 1.83 bits per heavy atom. The van der Waals surface area contributed by atoms with Gasteiger partial charge in [-0.3, -0.25) is 9.48 Å². The van der Waals surface area contributed by atoms with Gasteiger partial charge in [-0.2, -0.15) is 5.10 Å². The highest BCUT2D eigenvalue weighted by atomic mass is 16.1. The molecule has 2 aromatic carbocycles. The first-order chi connectivity index (χ1) is 14.6. The maximum Gasteiger partial charge on any atom is 0.255 e. The van der Waals surface area contributed by atoms with Crippen LogP contribution >= 0.6 is 0 Å². The minimum atomic E-state index is -0.220. The average Bonchev–Trinajstić information content (AvgIpc) is 3.22. The lowest BCUT2D eigenvalue weighted by Crippen LogP contribution is -2.11. The highest BCUT2D eigenvalue weighted by Crippen LogP contribution is 2.22. The number of nitrogens with one attached hydrogen (secondary N) is 1. The molecule has 2 heterocycles. The molecule has 0 radical (unpaired) electrons. The molecule has 4 rings (SSSR count). The molecule has 0 aliphatic heterocycles. The van der Waals surface area contributed by atoms with Crippen molar-refractivity contribution in [2.75, 3.05) is 16.8 Å². The van der Waals surface area contributed by atoms with Crippen LogP contribution in [0.1, 0.15) is 15.9 Å². The summed E-state index contributed by atoms with van der Waals surface area (Å²) in [6, 6.07) is 20.9. The van der Waals surface area contributed by atoms with Crippen molar-refractivity contribution in [2.24, 2.45) is 0 Å². The summed E-state index contributed by atoms with van der Waals surface area (Å²) in [5, 5.41) is 7.22. The molecule has 0 unspecified atom stereocenters. The van der Waals surface area contributed by atoms with E-state index in [9.17, 15) is 4.79 Å². The minimum Gasteiger partial charge on any atom is -0.396 e. The van der Waals surface area contributed by atoms with Crippen LogP contribution in [0.25, 0.3) is 11.3 Å². The second-order valence-corrected chi connectivity index (χ2v) is 6.93. The molecule has 0 aliphatic carbocycles. The molecule has 0 atom stereocenters. The molecule has 0 fully saturated rings. The largest absolute Gasteiger partial charge is 0.396 e. The second kappa shape index (κ2) is 8.48. The number of nitrogen functional groups attached to an aromatic ring is 2. The first-order valence-corrected chi connectivity index (χ1v) is 9.58. The van der Waals surface area contributed by atoms with Crippen molar-refractivity contribution in [3.05, 3.63) is 90.3 Å². The number of rotatable bonds is 6. The Hall–Kier alpha value is -4.13. The van der Waals surface area contributed by atoms with E-state index >= 15 is 0 Å². The molecular weight excluding hydrogens is 376 g/mol. The number of carbonyl (C=O) groups excluding carboxylic acids is 1. The van der Waals surface area contributed by atoms with Gasteiger partial charge in [0, 0.05) is 23.9 Å². The molecule has 1 amide bonds. The van der Waals surface area contributed by atoms with Crippen molar-refractivity contribution in [2.45, 2.75) is 13.0 Å². The Labute approximate surface area is 174 Å². The standard InChI is InChI=1S/C23H22N6O/c24-20-9-10-21(28-22(20)25)17-7-4-8-18(13-17)23(30)27-19-14-26-29(15-19)12-11-16-5-2-1-3-6-16/h1-10,13-15H,11-12,24H2,(H2,25,28)(H,27,30). The van der Waals surface area contributed by atoms with Crippen molar-refractivity contribution in [3.63, 3.8) is 0 Å². The first kappa shape index (κ1) is 19.2. The number of anilines is 3. The average molecular weight is 398 g/mol. The second-order valence-electron chi connectivity index (χ2n) is 6.93. The van der Waals surface area contributed by atoms with E-state index in [0.717, 1.165) is 18.5 Å². The lowest BCUT2D eigenvalue weighted by atomic mass is 10.1. The normalized spacial score (nSPS) is 10.7. The van der Waals surface area contributed by atoms with Gasteiger partial charge < -0.3 is 16.8 Å². The van der Waals surface area contributed by atoms with Crippen LogP contribution < -0.4 is 16.8 Å². The van der Waals surface area contributed by atoms with Crippen LogP contribution in [0.2, 0.25) is 0 Å². The molecule has 7 heteroatoms. The zero-order valence-corrected chi connectivity index (χ0v) is 16.3. The van der Waals surface area contributed by atoms with Crippen LogP contribution in [-0.2, 0) is 13.0 Å². The molecule has 0 spiro atoms. The van der Waals surface area contributed by atoms with E-state index in [1.165, 1.54) is 5.56 Å². The molecular formula is C23H22N6O. The Morgan fingerprint density at radius 1 is 1.00 bits per heavy atom. The predicted molar refractivity (Wildman–Crippen MR) is 119 cm³/mol. The summed E-state index contributed by atoms with van der Waals surface area (Å²) in [4.78, 5) is 17.0. The SMILES string of the molecule is Nc1ccc(-c2cccc(C(=O)Nc3cnn(CCc4ccccc4)c3)c2)nc1N. The summed E-state index contributed by atoms with van der Waals surface area (Å²) in [5.74, 6) is 0.0492. The van der Waals surface area contributed by atoms with Crippen LogP contribution in [0.3, 0.4) is 0 Å². The van der Waals surface area contributed by atoms with E-state index in [4.69, 9.17) is 11.5 Å². The lowest BCUT2D eigenvalue weighted by Gasteiger charge is -2.07. The highest BCUT2D eigenvalue weighted by molar-refractivity contribution is 6.04. The van der Waals surface area contributed by atoms with Gasteiger partial charge in [0.1, 0.15) is 5.82 Å². The molecule has 2 aromatic heterocycles. The maximum atomic E-state index is 12.7. The number of aryl methyl sites for hydroxylation is 2. The van der Waals surface area contributed by atoms with E-state index in [1.807, 2.05) is 41.2 Å². The summed E-state index contributed by atoms with van der Waals surface area (Å²) in [5.41, 5.74) is 15.8. The van der Waals surface area contributed by atoms with E-state index in [1.54, 1.807) is 30.5 Å². The quantitative estimate of drug-likeness (QED) is 0.459. The number of hydrogen-bond donors (Lipinski definition) is 3. The van der Waals surface area contributed by atoms with Gasteiger partial charge in [-0.1, -0.05) is 42.5 Å². The van der Waals surface area contributed by atoms with Crippen LogP contribution in [-0.4, -0.2) is 20.7 Å². The van der Waals surface area contributed by atoms with Gasteiger partial charge in [-0.25, -0.2) is 4.98 Å². The monoisotopic (exact) mass is 398 g/mol. The van der Waals surface area contributed by atoms with Gasteiger partial charge >= 0.3 is 0 Å². The molecule has 0 aliphatic rings. The predicted octanol–water partition coefficient (Wildman–Crippen LogP) is 3.60. The number of nitrogens with two attached hydrogens (primary N) is 2. The van der Waals surface area contributed by atoms with Gasteiger partial charge in [0.25, 0.3) is 5.91 Å². The van der Waals surface area contributed by atoms with Gasteiger partial charge in [-0.05, 0) is 36.2 Å². The Bertz CT molecular complexity index is 1170. The molecule has 30 heavy (non-hydrogen) atoms. The third-order valence-corrected chi connectivity index (χ3v) is 4.74. The van der Waals surface area contributed by atoms with E-state index in [2.05, 4.69) is 27.5 Å². The maximum absolute atomic E-state index is 12.7. The number of benzene rings is 2. The number of hydrogen-bond acceptors (Lipinski definition) is 5. The van der Waals surface area contributed by atoms with Crippen LogP contribution in [0.5, 0.6) is 0 Å². The van der Waals surface area contributed by atoms with Crippen molar-refractivity contribution in [1.29, 1.82) is 0 Å². The van der Waals surface area contributed by atoms with Gasteiger partial charge in [-0.15, -0.1) is 0 Å². The number of pyridine rings is 1. The topological polar surface area (TPSA) is 112 Å². The van der Waals surface area contributed by atoms with E-state index < -0.39 is 0 Å². The smallest absolute Gasteiger partial charge is 0.255 e. The number of amides is 1. The van der Waals surface area contributed by atoms with Crippen molar-refractivity contribution < 1.29 is 4.79 Å². The van der Waals surface area contributed by atoms with Gasteiger partial charge in [0.15, 0.2) is 0 Å². The zero-order valence-electron chi connectivity index (χ0n) is 16.3. The van der Waals surface area contributed by atoms with Crippen LogP contribution in [0, 0.1) is 0 Å². The highest BCUT2D eigenvalue weighted by Gasteiger charge is 2.10. The molecule has 0 bridgehead atoms. The summed E-state index contributed by atoms with van der Waals surface area (Å²) in [6.45, 7) is 0.736. The van der Waals surface area contributed by atoms with Crippen molar-refractivity contribution >= 4 is 23.1 Å². The van der Waals surface area contributed by atoms with Crippen molar-refractivity contribution in [3.8, 4) is 11.3 Å². The molecule has 5 N–H and O–H groups in total. The van der Waals surface area contributed by atoms with E-state index in [-0.39, 0.29) is 11.7 Å². The van der Waals surface area contributed by atoms with Gasteiger partial charge in [0.05, 0.1) is 23.3 Å². The zero-order chi connectivity index (χ0) is 20.9. The number of aromatic nitrogens is 3. The Kier molecular flexibility index (Phi) is 5.43. The lowest BCUT2D eigenvalue weighted by molar-refractivity contribution is 0.102. The first-order valence-electron chi connectivity index (χ1n) is 9.58. The fourth-order valence-electron chi connectivity index (χ4n) is 3.11.